The molecule has 0 atom stereocenters. The van der Waals surface area contributed by atoms with Crippen LogP contribution in [0.25, 0.3) is 0 Å². The van der Waals surface area contributed by atoms with Crippen LogP contribution in [0.4, 0.5) is 4.39 Å². The van der Waals surface area contributed by atoms with Crippen molar-refractivity contribution in [1.82, 2.24) is 0 Å². The summed E-state index contributed by atoms with van der Waals surface area (Å²) in [7, 11) is 0. The van der Waals surface area contributed by atoms with Crippen LogP contribution in [0.3, 0.4) is 0 Å². The molecule has 0 nitrogen and oxygen atoms in total. The first kappa shape index (κ1) is 20.0. The molecule has 28 heavy (non-hydrogen) atoms. The zero-order valence-corrected chi connectivity index (χ0v) is 17.2. The Hall–Kier alpha value is -2.77. The van der Waals surface area contributed by atoms with Crippen LogP contribution in [0.5, 0.6) is 0 Å². The first-order valence-corrected chi connectivity index (χ1v) is 9.98. The molecule has 0 spiro atoms. The number of rotatable bonds is 2. The SMILES string of the molecule is CC1=CC=C(C#C/C(C)=C(/C(F)=C(\C)C#Cc2ccc(C)cc2)C2CC2)CC1. The van der Waals surface area contributed by atoms with E-state index in [2.05, 4.69) is 42.8 Å². The first-order chi connectivity index (χ1) is 13.4. The Morgan fingerprint density at radius 2 is 1.57 bits per heavy atom. The van der Waals surface area contributed by atoms with Gasteiger partial charge >= 0.3 is 0 Å². The Morgan fingerprint density at radius 3 is 2.18 bits per heavy atom. The summed E-state index contributed by atoms with van der Waals surface area (Å²) in [5.41, 5.74) is 6.68. The molecule has 0 N–H and O–H groups in total. The van der Waals surface area contributed by atoms with Gasteiger partial charge in [0, 0.05) is 27.9 Å². The number of hydrogen-bond acceptors (Lipinski definition) is 0. The van der Waals surface area contributed by atoms with Crippen LogP contribution in [0.15, 0.2) is 70.1 Å². The van der Waals surface area contributed by atoms with Crippen LogP contribution in [-0.2, 0) is 0 Å². The maximum absolute atomic E-state index is 15.2. The van der Waals surface area contributed by atoms with Crippen LogP contribution in [0.2, 0.25) is 0 Å². The van der Waals surface area contributed by atoms with Crippen molar-refractivity contribution in [3.63, 3.8) is 0 Å². The molecule has 3 rings (SSSR count). The van der Waals surface area contributed by atoms with Crippen LogP contribution < -0.4 is 0 Å². The minimum atomic E-state index is -0.192. The molecule has 0 heterocycles. The lowest BCUT2D eigenvalue weighted by Crippen LogP contribution is -1.95. The van der Waals surface area contributed by atoms with Gasteiger partial charge < -0.3 is 0 Å². The molecule has 1 saturated carbocycles. The van der Waals surface area contributed by atoms with E-state index in [1.807, 2.05) is 38.1 Å². The summed E-state index contributed by atoms with van der Waals surface area (Å²) in [4.78, 5) is 0. The third-order valence-electron chi connectivity index (χ3n) is 5.17. The predicted octanol–water partition coefficient (Wildman–Crippen LogP) is 6.99. The minimum Gasteiger partial charge on any atom is -0.206 e. The largest absolute Gasteiger partial charge is 0.206 e. The second-order valence-corrected chi connectivity index (χ2v) is 7.82. The monoisotopic (exact) mass is 370 g/mol. The zero-order chi connectivity index (χ0) is 20.1. The Kier molecular flexibility index (Phi) is 6.38. The molecule has 0 saturated heterocycles. The minimum absolute atomic E-state index is 0.192. The normalized spacial score (nSPS) is 17.8. The van der Waals surface area contributed by atoms with E-state index in [-0.39, 0.29) is 11.7 Å². The number of hydrogen-bond donors (Lipinski definition) is 0. The van der Waals surface area contributed by atoms with Crippen molar-refractivity contribution in [2.45, 2.75) is 53.4 Å². The van der Waals surface area contributed by atoms with Crippen molar-refractivity contribution >= 4 is 0 Å². The summed E-state index contributed by atoms with van der Waals surface area (Å²) in [5, 5.41) is 0. The maximum atomic E-state index is 15.2. The fourth-order valence-electron chi connectivity index (χ4n) is 3.17. The van der Waals surface area contributed by atoms with Gasteiger partial charge in [0.1, 0.15) is 5.83 Å². The molecule has 0 unspecified atom stereocenters. The molecule has 0 radical (unpaired) electrons. The molecule has 142 valence electrons. The summed E-state index contributed by atoms with van der Waals surface area (Å²) < 4.78 is 15.2. The highest BCUT2D eigenvalue weighted by molar-refractivity contribution is 5.51. The molecule has 1 heteroatoms. The van der Waals surface area contributed by atoms with Crippen molar-refractivity contribution in [1.29, 1.82) is 0 Å². The highest BCUT2D eigenvalue weighted by Crippen LogP contribution is 2.42. The van der Waals surface area contributed by atoms with Gasteiger partial charge in [0.05, 0.1) is 0 Å². The second-order valence-electron chi connectivity index (χ2n) is 7.82. The quantitative estimate of drug-likeness (QED) is 0.389. The standard InChI is InChI=1S/C27H27F/c1-19-5-11-23(12-6-19)15-9-21(3)26(25-17-18-25)27(28)22(4)10-16-24-13-7-20(2)8-14-24/h5,7-8,11,13-14,25H,6,12,17-18H2,1-4H3/b26-21+,27-22-. The predicted molar refractivity (Wildman–Crippen MR) is 116 cm³/mol. The van der Waals surface area contributed by atoms with Gasteiger partial charge in [0.2, 0.25) is 0 Å². The fraction of sp³-hybridized carbons (Fsp3) is 0.333. The third-order valence-corrected chi connectivity index (χ3v) is 5.17. The number of aryl methyl sites for hydroxylation is 1. The highest BCUT2D eigenvalue weighted by atomic mass is 19.1. The lowest BCUT2D eigenvalue weighted by molar-refractivity contribution is 0.625. The van der Waals surface area contributed by atoms with Gasteiger partial charge in [-0.25, -0.2) is 4.39 Å². The molecule has 2 aliphatic carbocycles. The highest BCUT2D eigenvalue weighted by Gasteiger charge is 2.30. The second kappa shape index (κ2) is 8.95. The van der Waals surface area contributed by atoms with Crippen LogP contribution in [-0.4, -0.2) is 0 Å². The summed E-state index contributed by atoms with van der Waals surface area (Å²) in [6, 6.07) is 7.97. The first-order valence-electron chi connectivity index (χ1n) is 9.98. The van der Waals surface area contributed by atoms with Crippen LogP contribution in [0, 0.1) is 36.5 Å². The molecule has 0 aliphatic heterocycles. The summed E-state index contributed by atoms with van der Waals surface area (Å²) in [6.07, 6.45) is 8.30. The van der Waals surface area contributed by atoms with Crippen LogP contribution >= 0.6 is 0 Å². The molecule has 0 bridgehead atoms. The molecular weight excluding hydrogens is 343 g/mol. The van der Waals surface area contributed by atoms with E-state index in [0.29, 0.717) is 5.57 Å². The number of halogens is 1. The molecule has 0 amide bonds. The van der Waals surface area contributed by atoms with Gasteiger partial charge in [-0.2, -0.15) is 0 Å². The molecule has 2 aliphatic rings. The summed E-state index contributed by atoms with van der Waals surface area (Å²) >= 11 is 0. The van der Waals surface area contributed by atoms with Crippen molar-refractivity contribution in [2.75, 3.05) is 0 Å². The van der Waals surface area contributed by atoms with Gasteiger partial charge in [0.25, 0.3) is 0 Å². The smallest absolute Gasteiger partial charge is 0.138 e. The average Bonchev–Trinajstić information content (AvgIpc) is 3.52. The van der Waals surface area contributed by atoms with Crippen molar-refractivity contribution in [2.24, 2.45) is 5.92 Å². The molecule has 1 aromatic rings. The topological polar surface area (TPSA) is 0 Å². The lowest BCUT2D eigenvalue weighted by Gasteiger charge is -2.08. The molecular formula is C27H27F. The Bertz CT molecular complexity index is 998. The molecule has 0 aromatic heterocycles. The fourth-order valence-corrected chi connectivity index (χ4v) is 3.17. The average molecular weight is 371 g/mol. The van der Waals surface area contributed by atoms with Gasteiger partial charge in [-0.05, 0) is 71.4 Å². The maximum Gasteiger partial charge on any atom is 0.138 e. The van der Waals surface area contributed by atoms with Crippen molar-refractivity contribution < 1.29 is 4.39 Å². The van der Waals surface area contributed by atoms with Gasteiger partial charge in [-0.1, -0.05) is 59.1 Å². The van der Waals surface area contributed by atoms with E-state index < -0.39 is 0 Å². The lowest BCUT2D eigenvalue weighted by atomic mass is 9.98. The Balaban J connectivity index is 1.88. The van der Waals surface area contributed by atoms with E-state index in [9.17, 15) is 0 Å². The van der Waals surface area contributed by atoms with E-state index in [4.69, 9.17) is 0 Å². The van der Waals surface area contributed by atoms with Crippen molar-refractivity contribution in [3.05, 3.63) is 81.2 Å². The summed E-state index contributed by atoms with van der Waals surface area (Å²) in [6.45, 7) is 7.87. The van der Waals surface area contributed by atoms with Crippen LogP contribution in [0.1, 0.15) is 57.6 Å². The van der Waals surface area contributed by atoms with E-state index >= 15 is 4.39 Å². The third kappa shape index (κ3) is 5.37. The summed E-state index contributed by atoms with van der Waals surface area (Å²) in [5.74, 6) is 12.6. The van der Waals surface area contributed by atoms with Crippen molar-refractivity contribution in [3.8, 4) is 23.7 Å². The zero-order valence-electron chi connectivity index (χ0n) is 17.2. The Morgan fingerprint density at radius 1 is 0.893 bits per heavy atom. The van der Waals surface area contributed by atoms with Gasteiger partial charge in [-0.15, -0.1) is 0 Å². The molecule has 1 aromatic carbocycles. The van der Waals surface area contributed by atoms with E-state index in [1.165, 1.54) is 11.1 Å². The Labute approximate surface area is 168 Å². The number of allylic oxidation sites excluding steroid dienone is 8. The van der Waals surface area contributed by atoms with Gasteiger partial charge in [-0.3, -0.25) is 0 Å². The number of benzene rings is 1. The molecule has 1 fully saturated rings. The van der Waals surface area contributed by atoms with Gasteiger partial charge in [0.15, 0.2) is 0 Å². The van der Waals surface area contributed by atoms with E-state index in [0.717, 1.165) is 48.0 Å². The van der Waals surface area contributed by atoms with E-state index in [1.54, 1.807) is 6.92 Å².